The first-order chi connectivity index (χ1) is 13.8. The van der Waals surface area contributed by atoms with Gasteiger partial charge < -0.3 is 14.9 Å². The van der Waals surface area contributed by atoms with Crippen LogP contribution in [0.1, 0.15) is 67.3 Å². The molecule has 0 fully saturated rings. The zero-order chi connectivity index (χ0) is 21.1. The quantitative estimate of drug-likeness (QED) is 0.629. The number of phenolic OH excluding ortho intramolecular Hbond substituents is 2. The van der Waals surface area contributed by atoms with Crippen molar-refractivity contribution in [3.05, 3.63) is 75.9 Å². The number of fused-ring (bicyclic) bond motifs is 1. The lowest BCUT2D eigenvalue weighted by atomic mass is 9.92. The molecule has 0 radical (unpaired) electrons. The van der Waals surface area contributed by atoms with Crippen molar-refractivity contribution >= 4 is 5.78 Å². The van der Waals surface area contributed by atoms with Gasteiger partial charge in [-0.25, -0.2) is 0 Å². The number of phenols is 2. The molecule has 1 aliphatic rings. The second-order valence-corrected chi connectivity index (χ2v) is 8.03. The molecule has 0 amide bonds. The highest BCUT2D eigenvalue weighted by Gasteiger charge is 2.30. The molecule has 1 heterocycles. The fourth-order valence-electron chi connectivity index (χ4n) is 3.41. The molecule has 29 heavy (non-hydrogen) atoms. The molecule has 4 heteroatoms. The molecule has 1 atom stereocenters. The van der Waals surface area contributed by atoms with Crippen LogP contribution in [0.2, 0.25) is 0 Å². The predicted octanol–water partition coefficient (Wildman–Crippen LogP) is 5.82. The van der Waals surface area contributed by atoms with Gasteiger partial charge in [-0.2, -0.15) is 0 Å². The van der Waals surface area contributed by atoms with Gasteiger partial charge in [0.15, 0.2) is 5.78 Å². The zero-order valence-electron chi connectivity index (χ0n) is 17.5. The minimum absolute atomic E-state index is 0.00590. The maximum absolute atomic E-state index is 12.8. The molecule has 0 unspecified atom stereocenters. The number of hydrogen-bond donors (Lipinski definition) is 2. The van der Waals surface area contributed by atoms with Gasteiger partial charge in [-0.3, -0.25) is 4.79 Å². The van der Waals surface area contributed by atoms with E-state index in [9.17, 15) is 15.0 Å². The molecule has 2 aromatic rings. The van der Waals surface area contributed by atoms with Crippen molar-refractivity contribution in [2.75, 3.05) is 0 Å². The van der Waals surface area contributed by atoms with Crippen LogP contribution in [0.5, 0.6) is 17.2 Å². The smallest absolute Gasteiger partial charge is 0.170 e. The molecule has 1 aliphatic heterocycles. The SMILES string of the molecule is CC(C)=CCc1cc([C@H]2CC(=O)c3ccc(O)c(CC=C(C)C)c3O2)ccc1O. The third kappa shape index (κ3) is 4.70. The summed E-state index contributed by atoms with van der Waals surface area (Å²) in [6.07, 6.45) is 4.95. The van der Waals surface area contributed by atoms with E-state index in [-0.39, 0.29) is 23.7 Å². The molecule has 2 aromatic carbocycles. The van der Waals surface area contributed by atoms with E-state index in [2.05, 4.69) is 6.08 Å². The summed E-state index contributed by atoms with van der Waals surface area (Å²) in [5.41, 5.74) is 5.09. The summed E-state index contributed by atoms with van der Waals surface area (Å²) >= 11 is 0. The Balaban J connectivity index is 1.98. The van der Waals surface area contributed by atoms with E-state index in [0.29, 0.717) is 29.7 Å². The molecule has 4 nitrogen and oxygen atoms in total. The maximum Gasteiger partial charge on any atom is 0.170 e. The molecule has 3 rings (SSSR count). The first-order valence-corrected chi connectivity index (χ1v) is 9.89. The molecular formula is C25H28O4. The largest absolute Gasteiger partial charge is 0.508 e. The van der Waals surface area contributed by atoms with E-state index in [1.807, 2.05) is 39.8 Å². The Morgan fingerprint density at radius 1 is 1.00 bits per heavy atom. The monoisotopic (exact) mass is 392 g/mol. The van der Waals surface area contributed by atoms with Gasteiger partial charge in [0.1, 0.15) is 23.4 Å². The third-order valence-corrected chi connectivity index (χ3v) is 5.09. The predicted molar refractivity (Wildman–Crippen MR) is 115 cm³/mol. The van der Waals surface area contributed by atoms with Gasteiger partial charge in [0.05, 0.1) is 12.0 Å². The normalized spacial score (nSPS) is 15.3. The zero-order valence-corrected chi connectivity index (χ0v) is 17.5. The van der Waals surface area contributed by atoms with E-state index < -0.39 is 6.10 Å². The first-order valence-electron chi connectivity index (χ1n) is 9.89. The molecule has 2 N–H and O–H groups in total. The Morgan fingerprint density at radius 2 is 1.66 bits per heavy atom. The maximum atomic E-state index is 12.8. The molecule has 0 aliphatic carbocycles. The second-order valence-electron chi connectivity index (χ2n) is 8.03. The van der Waals surface area contributed by atoms with Gasteiger partial charge in [0.25, 0.3) is 0 Å². The molecule has 0 saturated heterocycles. The number of ketones is 1. The average molecular weight is 392 g/mol. The van der Waals surface area contributed by atoms with Gasteiger partial charge in [0, 0.05) is 5.56 Å². The van der Waals surface area contributed by atoms with Crippen LogP contribution in [0.3, 0.4) is 0 Å². The van der Waals surface area contributed by atoms with Crippen LogP contribution in [-0.4, -0.2) is 16.0 Å². The van der Waals surface area contributed by atoms with Crippen molar-refractivity contribution in [1.82, 2.24) is 0 Å². The molecule has 0 bridgehead atoms. The number of carbonyl (C=O) groups excluding carboxylic acids is 1. The minimum atomic E-state index is -0.451. The second kappa shape index (κ2) is 8.56. The van der Waals surface area contributed by atoms with E-state index in [4.69, 9.17) is 4.74 Å². The van der Waals surface area contributed by atoms with Crippen molar-refractivity contribution < 1.29 is 19.7 Å². The first kappa shape index (κ1) is 20.7. The summed E-state index contributed by atoms with van der Waals surface area (Å²) in [6.45, 7) is 8.01. The summed E-state index contributed by atoms with van der Waals surface area (Å²) in [5, 5.41) is 20.5. The number of hydrogen-bond acceptors (Lipinski definition) is 4. The van der Waals surface area contributed by atoms with Crippen LogP contribution < -0.4 is 4.74 Å². The molecule has 0 aromatic heterocycles. The summed E-state index contributed by atoms with van der Waals surface area (Å²) < 4.78 is 6.25. The van der Waals surface area contributed by atoms with Crippen molar-refractivity contribution in [1.29, 1.82) is 0 Å². The summed E-state index contributed by atoms with van der Waals surface area (Å²) in [6, 6.07) is 8.54. The van der Waals surface area contributed by atoms with Crippen LogP contribution in [0.25, 0.3) is 0 Å². The highest BCUT2D eigenvalue weighted by Crippen LogP contribution is 2.41. The van der Waals surface area contributed by atoms with E-state index in [0.717, 1.165) is 16.7 Å². The Labute approximate surface area is 172 Å². The summed E-state index contributed by atoms with van der Waals surface area (Å²) in [4.78, 5) is 12.8. The number of carbonyl (C=O) groups is 1. The highest BCUT2D eigenvalue weighted by molar-refractivity contribution is 6.00. The number of rotatable bonds is 5. The van der Waals surface area contributed by atoms with Gasteiger partial charge in [-0.15, -0.1) is 0 Å². The van der Waals surface area contributed by atoms with Crippen molar-refractivity contribution in [2.24, 2.45) is 0 Å². The third-order valence-electron chi connectivity index (χ3n) is 5.09. The Hall–Kier alpha value is -3.01. The van der Waals surface area contributed by atoms with Gasteiger partial charge in [-0.05, 0) is 75.9 Å². The Kier molecular flexibility index (Phi) is 6.12. The van der Waals surface area contributed by atoms with Gasteiger partial charge in [0.2, 0.25) is 0 Å². The fourth-order valence-corrected chi connectivity index (χ4v) is 3.41. The lowest BCUT2D eigenvalue weighted by Crippen LogP contribution is -2.21. The lowest BCUT2D eigenvalue weighted by molar-refractivity contribution is 0.0847. The standard InChI is InChI=1S/C25H28O4/c1-15(2)5-7-17-13-18(8-11-21(17)26)24-14-23(28)20-10-12-22(27)19(25(20)29-24)9-6-16(3)4/h5-6,8,10-13,24,26-27H,7,9,14H2,1-4H3/t24-/m1/s1. The fraction of sp³-hybridized carbons (Fsp3) is 0.320. The van der Waals surface area contributed by atoms with Gasteiger partial charge in [-0.1, -0.05) is 29.4 Å². The number of Topliss-reactive ketones (excluding diaryl/α,β-unsaturated/α-hetero) is 1. The number of allylic oxidation sites excluding steroid dienone is 4. The topological polar surface area (TPSA) is 66.8 Å². The van der Waals surface area contributed by atoms with Crippen molar-refractivity contribution in [3.63, 3.8) is 0 Å². The molecular weight excluding hydrogens is 364 g/mol. The Morgan fingerprint density at radius 3 is 2.34 bits per heavy atom. The van der Waals surface area contributed by atoms with E-state index >= 15 is 0 Å². The van der Waals surface area contributed by atoms with Crippen LogP contribution >= 0.6 is 0 Å². The van der Waals surface area contributed by atoms with Crippen LogP contribution in [0.15, 0.2) is 53.6 Å². The minimum Gasteiger partial charge on any atom is -0.508 e. The summed E-state index contributed by atoms with van der Waals surface area (Å²) in [5.74, 6) is 0.816. The highest BCUT2D eigenvalue weighted by atomic mass is 16.5. The number of aromatic hydroxyl groups is 2. The van der Waals surface area contributed by atoms with E-state index in [1.54, 1.807) is 24.3 Å². The number of ether oxygens (including phenoxy) is 1. The van der Waals surface area contributed by atoms with E-state index in [1.165, 1.54) is 5.57 Å². The van der Waals surface area contributed by atoms with Gasteiger partial charge >= 0.3 is 0 Å². The number of benzene rings is 2. The summed E-state index contributed by atoms with van der Waals surface area (Å²) in [7, 11) is 0. The average Bonchev–Trinajstić information content (AvgIpc) is 2.66. The molecule has 0 saturated carbocycles. The van der Waals surface area contributed by atoms with Crippen LogP contribution in [-0.2, 0) is 12.8 Å². The molecule has 0 spiro atoms. The Bertz CT molecular complexity index is 990. The van der Waals surface area contributed by atoms with Crippen LogP contribution in [0.4, 0.5) is 0 Å². The lowest BCUT2D eigenvalue weighted by Gasteiger charge is -2.28. The van der Waals surface area contributed by atoms with Crippen LogP contribution in [0, 0.1) is 0 Å². The van der Waals surface area contributed by atoms with Crippen molar-refractivity contribution in [3.8, 4) is 17.2 Å². The molecule has 152 valence electrons. The van der Waals surface area contributed by atoms with Crippen molar-refractivity contribution in [2.45, 2.75) is 53.1 Å².